The van der Waals surface area contributed by atoms with Gasteiger partial charge >= 0.3 is 0 Å². The van der Waals surface area contributed by atoms with Crippen molar-refractivity contribution in [3.8, 4) is 11.4 Å². The van der Waals surface area contributed by atoms with Gasteiger partial charge in [0.2, 0.25) is 4.96 Å². The van der Waals surface area contributed by atoms with E-state index in [1.54, 1.807) is 24.3 Å². The average Bonchev–Trinajstić information content (AvgIpc) is 3.09. The largest absolute Gasteiger partial charge is 0.276 e. The summed E-state index contributed by atoms with van der Waals surface area (Å²) in [4.78, 5) is 13.3. The fourth-order valence-corrected chi connectivity index (χ4v) is 3.76. The van der Waals surface area contributed by atoms with E-state index in [0.717, 1.165) is 5.56 Å². The molecule has 0 amide bonds. The molecule has 0 unspecified atom stereocenters. The Labute approximate surface area is 150 Å². The highest BCUT2D eigenvalue weighted by atomic mass is 35.5. The SMILES string of the molecule is O=c1c(=Cc2cccc(Cl)c2)sc2nnc(-c3ccccc3Cl)n12. The van der Waals surface area contributed by atoms with Gasteiger partial charge in [0, 0.05) is 10.6 Å². The first kappa shape index (κ1) is 15.3. The van der Waals surface area contributed by atoms with Crippen molar-refractivity contribution in [3.05, 3.63) is 79.0 Å². The molecule has 0 aliphatic carbocycles. The summed E-state index contributed by atoms with van der Waals surface area (Å²) in [5, 5.41) is 9.36. The first-order valence-electron chi connectivity index (χ1n) is 7.03. The molecule has 2 aromatic carbocycles. The molecule has 24 heavy (non-hydrogen) atoms. The second-order valence-corrected chi connectivity index (χ2v) is 6.94. The van der Waals surface area contributed by atoms with Crippen molar-refractivity contribution in [1.29, 1.82) is 0 Å². The molecular formula is C17H9Cl2N3OS. The Morgan fingerprint density at radius 2 is 1.88 bits per heavy atom. The summed E-state index contributed by atoms with van der Waals surface area (Å²) in [5.41, 5.74) is 1.36. The third kappa shape index (κ3) is 2.60. The molecule has 0 saturated carbocycles. The highest BCUT2D eigenvalue weighted by molar-refractivity contribution is 7.15. The zero-order valence-corrected chi connectivity index (χ0v) is 14.4. The monoisotopic (exact) mass is 373 g/mol. The van der Waals surface area contributed by atoms with Gasteiger partial charge in [-0.3, -0.25) is 4.79 Å². The van der Waals surface area contributed by atoms with Crippen molar-refractivity contribution in [1.82, 2.24) is 14.6 Å². The molecular weight excluding hydrogens is 365 g/mol. The van der Waals surface area contributed by atoms with E-state index in [9.17, 15) is 4.79 Å². The molecule has 0 radical (unpaired) electrons. The number of aromatic nitrogens is 3. The summed E-state index contributed by atoms with van der Waals surface area (Å²) in [5.74, 6) is 0.447. The van der Waals surface area contributed by atoms with Crippen LogP contribution < -0.4 is 10.1 Å². The number of nitrogens with zero attached hydrogens (tertiary/aromatic N) is 3. The van der Waals surface area contributed by atoms with E-state index in [1.807, 2.05) is 30.3 Å². The number of rotatable bonds is 2. The number of hydrogen-bond donors (Lipinski definition) is 0. The van der Waals surface area contributed by atoms with Gasteiger partial charge in [-0.2, -0.15) is 0 Å². The van der Waals surface area contributed by atoms with Crippen molar-refractivity contribution in [2.75, 3.05) is 0 Å². The molecule has 4 aromatic rings. The van der Waals surface area contributed by atoms with Crippen LogP contribution in [0, 0.1) is 0 Å². The quantitative estimate of drug-likeness (QED) is 0.538. The van der Waals surface area contributed by atoms with Crippen LogP contribution in [0.4, 0.5) is 0 Å². The third-order valence-electron chi connectivity index (χ3n) is 3.51. The molecule has 0 fully saturated rings. The first-order valence-corrected chi connectivity index (χ1v) is 8.61. The molecule has 0 aliphatic rings. The molecule has 0 bridgehead atoms. The van der Waals surface area contributed by atoms with Crippen molar-refractivity contribution in [2.24, 2.45) is 0 Å². The molecule has 4 rings (SSSR count). The van der Waals surface area contributed by atoms with Gasteiger partial charge < -0.3 is 0 Å². The summed E-state index contributed by atoms with van der Waals surface area (Å²) >= 11 is 13.5. The second kappa shape index (κ2) is 6.02. The van der Waals surface area contributed by atoms with Gasteiger partial charge in [0.15, 0.2) is 5.82 Å². The maximum atomic E-state index is 12.8. The number of halogens is 2. The van der Waals surface area contributed by atoms with Crippen LogP contribution in [0.2, 0.25) is 10.0 Å². The van der Waals surface area contributed by atoms with Crippen LogP contribution in [0.15, 0.2) is 53.3 Å². The molecule has 0 spiro atoms. The number of hydrogen-bond acceptors (Lipinski definition) is 4. The van der Waals surface area contributed by atoms with Gasteiger partial charge in [-0.15, -0.1) is 10.2 Å². The van der Waals surface area contributed by atoms with Crippen LogP contribution in [0.25, 0.3) is 22.4 Å². The second-order valence-electron chi connectivity index (χ2n) is 5.09. The minimum atomic E-state index is -0.171. The van der Waals surface area contributed by atoms with Gasteiger partial charge in [-0.25, -0.2) is 4.40 Å². The Morgan fingerprint density at radius 3 is 2.67 bits per heavy atom. The third-order valence-corrected chi connectivity index (χ3v) is 5.03. The zero-order valence-electron chi connectivity index (χ0n) is 12.1. The lowest BCUT2D eigenvalue weighted by Gasteiger charge is -1.99. The summed E-state index contributed by atoms with van der Waals surface area (Å²) in [7, 11) is 0. The van der Waals surface area contributed by atoms with E-state index in [4.69, 9.17) is 23.2 Å². The van der Waals surface area contributed by atoms with Crippen LogP contribution in [0.1, 0.15) is 5.56 Å². The maximum absolute atomic E-state index is 12.8. The fourth-order valence-electron chi connectivity index (χ4n) is 2.43. The van der Waals surface area contributed by atoms with Gasteiger partial charge in [-0.05, 0) is 35.9 Å². The first-order chi connectivity index (χ1) is 11.6. The standard InChI is InChI=1S/C17H9Cl2N3OS/c18-11-5-3-4-10(8-11)9-14-16(23)22-15(20-21-17(22)24-14)12-6-1-2-7-13(12)19/h1-9H. The number of thiazole rings is 1. The van der Waals surface area contributed by atoms with E-state index in [0.29, 0.717) is 30.9 Å². The van der Waals surface area contributed by atoms with Crippen molar-refractivity contribution in [2.45, 2.75) is 0 Å². The van der Waals surface area contributed by atoms with Crippen LogP contribution in [-0.2, 0) is 0 Å². The lowest BCUT2D eigenvalue weighted by Crippen LogP contribution is -2.23. The Kier molecular flexibility index (Phi) is 3.84. The number of benzene rings is 2. The molecule has 0 N–H and O–H groups in total. The van der Waals surface area contributed by atoms with E-state index in [2.05, 4.69) is 10.2 Å². The maximum Gasteiger partial charge on any atom is 0.276 e. The molecule has 118 valence electrons. The normalized spacial score (nSPS) is 12.2. The van der Waals surface area contributed by atoms with Gasteiger partial charge in [0.05, 0.1) is 9.55 Å². The molecule has 0 saturated heterocycles. The Balaban J connectivity index is 1.95. The van der Waals surface area contributed by atoms with Crippen LogP contribution in [-0.4, -0.2) is 14.6 Å². The Bertz CT molecular complexity index is 1170. The van der Waals surface area contributed by atoms with Gasteiger partial charge in [0.25, 0.3) is 5.56 Å². The van der Waals surface area contributed by atoms with Crippen LogP contribution in [0.5, 0.6) is 0 Å². The Morgan fingerprint density at radius 1 is 1.04 bits per heavy atom. The van der Waals surface area contributed by atoms with Gasteiger partial charge in [-0.1, -0.05) is 58.8 Å². The molecule has 0 atom stereocenters. The predicted molar refractivity (Wildman–Crippen MR) is 97.8 cm³/mol. The fraction of sp³-hybridized carbons (Fsp3) is 0. The van der Waals surface area contributed by atoms with Crippen molar-refractivity contribution in [3.63, 3.8) is 0 Å². The van der Waals surface area contributed by atoms with Crippen LogP contribution in [0.3, 0.4) is 0 Å². The molecule has 0 aliphatic heterocycles. The Hall–Kier alpha value is -2.21. The summed E-state index contributed by atoms with van der Waals surface area (Å²) < 4.78 is 2.05. The topological polar surface area (TPSA) is 47.3 Å². The van der Waals surface area contributed by atoms with E-state index >= 15 is 0 Å². The summed E-state index contributed by atoms with van der Waals surface area (Å²) in [6.07, 6.45) is 1.80. The minimum absolute atomic E-state index is 0.171. The smallest absolute Gasteiger partial charge is 0.267 e. The van der Waals surface area contributed by atoms with E-state index in [-0.39, 0.29) is 5.56 Å². The summed E-state index contributed by atoms with van der Waals surface area (Å²) in [6.45, 7) is 0. The van der Waals surface area contributed by atoms with Crippen molar-refractivity contribution >= 4 is 45.6 Å². The van der Waals surface area contributed by atoms with Crippen LogP contribution >= 0.6 is 34.5 Å². The average molecular weight is 374 g/mol. The molecule has 4 nitrogen and oxygen atoms in total. The highest BCUT2D eigenvalue weighted by Crippen LogP contribution is 2.25. The zero-order chi connectivity index (χ0) is 16.7. The van der Waals surface area contributed by atoms with Gasteiger partial charge in [0.1, 0.15) is 0 Å². The highest BCUT2D eigenvalue weighted by Gasteiger charge is 2.15. The lowest BCUT2D eigenvalue weighted by molar-refractivity contribution is 1.09. The van der Waals surface area contributed by atoms with E-state index in [1.165, 1.54) is 15.7 Å². The summed E-state index contributed by atoms with van der Waals surface area (Å²) in [6, 6.07) is 14.6. The molecule has 2 aromatic heterocycles. The minimum Gasteiger partial charge on any atom is -0.267 e. The number of fused-ring (bicyclic) bond motifs is 1. The predicted octanol–water partition coefficient (Wildman–Crippen LogP) is 3.67. The molecule has 7 heteroatoms. The lowest BCUT2D eigenvalue weighted by atomic mass is 10.2. The van der Waals surface area contributed by atoms with Crippen molar-refractivity contribution < 1.29 is 0 Å². The van der Waals surface area contributed by atoms with E-state index < -0.39 is 0 Å². The molecule has 2 heterocycles.